The maximum absolute atomic E-state index is 13.0. The summed E-state index contributed by atoms with van der Waals surface area (Å²) in [7, 11) is 3.06. The van der Waals surface area contributed by atoms with Crippen LogP contribution in [0.1, 0.15) is 30.5 Å². The van der Waals surface area contributed by atoms with Crippen molar-refractivity contribution < 1.29 is 34.0 Å². The Bertz CT molecular complexity index is 1030. The van der Waals surface area contributed by atoms with Crippen LogP contribution in [0.4, 0.5) is 0 Å². The first-order valence-corrected chi connectivity index (χ1v) is 10.3. The van der Waals surface area contributed by atoms with Crippen LogP contribution in [0.15, 0.2) is 48.0 Å². The van der Waals surface area contributed by atoms with Crippen LogP contribution in [-0.2, 0) is 14.3 Å². The third kappa shape index (κ3) is 4.55. The fourth-order valence-corrected chi connectivity index (χ4v) is 3.73. The number of phenolic OH excluding ortho intramolecular Hbond substituents is 1. The predicted octanol–water partition coefficient (Wildman–Crippen LogP) is 3.26. The molecule has 8 nitrogen and oxygen atoms in total. The van der Waals surface area contributed by atoms with Crippen molar-refractivity contribution in [3.8, 4) is 17.2 Å². The lowest BCUT2D eigenvalue weighted by Gasteiger charge is -2.25. The molecule has 0 spiro atoms. The number of aromatic hydroxyl groups is 1. The van der Waals surface area contributed by atoms with Crippen LogP contribution in [0, 0.1) is 0 Å². The zero-order valence-electron chi connectivity index (χ0n) is 18.3. The number of likely N-dealkylation sites (tertiary alicyclic amines) is 1. The Labute approximate surface area is 186 Å². The van der Waals surface area contributed by atoms with Crippen molar-refractivity contribution >= 4 is 17.4 Å². The first kappa shape index (κ1) is 23.1. The normalized spacial score (nSPS) is 17.6. The predicted molar refractivity (Wildman–Crippen MR) is 118 cm³/mol. The zero-order chi connectivity index (χ0) is 23.3. The summed E-state index contributed by atoms with van der Waals surface area (Å²) in [6.07, 6.45) is 0.510. The largest absolute Gasteiger partial charge is 0.507 e. The number of hydrogen-bond acceptors (Lipinski definition) is 7. The number of nitrogens with zero attached hydrogens (tertiary/aromatic N) is 1. The zero-order valence-corrected chi connectivity index (χ0v) is 18.3. The number of benzene rings is 2. The van der Waals surface area contributed by atoms with Gasteiger partial charge in [-0.15, -0.1) is 0 Å². The van der Waals surface area contributed by atoms with Gasteiger partial charge in [-0.1, -0.05) is 18.2 Å². The van der Waals surface area contributed by atoms with E-state index in [1.807, 2.05) is 0 Å². The number of aliphatic hydroxyl groups excluding tert-OH is 1. The van der Waals surface area contributed by atoms with E-state index in [9.17, 15) is 19.8 Å². The van der Waals surface area contributed by atoms with Crippen molar-refractivity contribution in [3.63, 3.8) is 0 Å². The third-order valence-corrected chi connectivity index (χ3v) is 5.23. The van der Waals surface area contributed by atoms with E-state index in [1.54, 1.807) is 50.4 Å². The molecule has 1 fully saturated rings. The second-order valence-electron chi connectivity index (χ2n) is 7.23. The number of amides is 1. The number of hydrogen-bond donors (Lipinski definition) is 2. The lowest BCUT2D eigenvalue weighted by Crippen LogP contribution is -2.31. The summed E-state index contributed by atoms with van der Waals surface area (Å²) >= 11 is 0. The van der Waals surface area contributed by atoms with E-state index in [0.717, 1.165) is 0 Å². The average molecular weight is 441 g/mol. The fourth-order valence-electron chi connectivity index (χ4n) is 3.73. The quantitative estimate of drug-likeness (QED) is 0.266. The molecule has 2 aromatic rings. The summed E-state index contributed by atoms with van der Waals surface area (Å²) < 4.78 is 15.8. The Morgan fingerprint density at radius 1 is 1.12 bits per heavy atom. The van der Waals surface area contributed by atoms with Gasteiger partial charge in [-0.2, -0.15) is 0 Å². The van der Waals surface area contributed by atoms with E-state index in [0.29, 0.717) is 36.5 Å². The average Bonchev–Trinajstić information content (AvgIpc) is 3.05. The molecule has 170 valence electrons. The van der Waals surface area contributed by atoms with Gasteiger partial charge in [-0.3, -0.25) is 9.59 Å². The summed E-state index contributed by atoms with van der Waals surface area (Å²) in [6.45, 7) is 2.77. The van der Waals surface area contributed by atoms with Gasteiger partial charge in [0.1, 0.15) is 11.5 Å². The van der Waals surface area contributed by atoms with Crippen LogP contribution in [0.3, 0.4) is 0 Å². The van der Waals surface area contributed by atoms with Crippen molar-refractivity contribution in [2.24, 2.45) is 0 Å². The fraction of sp³-hybridized carbons (Fsp3) is 0.333. The number of ketones is 1. The minimum atomic E-state index is -0.849. The molecule has 0 bridgehead atoms. The molecule has 0 aliphatic carbocycles. The molecule has 1 aliphatic rings. The summed E-state index contributed by atoms with van der Waals surface area (Å²) in [6, 6.07) is 10.4. The van der Waals surface area contributed by atoms with Crippen LogP contribution in [0.2, 0.25) is 0 Å². The first-order chi connectivity index (χ1) is 15.4. The van der Waals surface area contributed by atoms with Gasteiger partial charge >= 0.3 is 0 Å². The molecular formula is C24H27NO7. The monoisotopic (exact) mass is 441 g/mol. The Morgan fingerprint density at radius 2 is 1.91 bits per heavy atom. The SMILES string of the molecule is CCOc1cc(C2C(=C(O)c3cccc(OC)c3)C(=O)C(=O)N2CCCOC)ccc1O. The molecule has 1 unspecified atom stereocenters. The minimum Gasteiger partial charge on any atom is -0.507 e. The van der Waals surface area contributed by atoms with Crippen molar-refractivity contribution in [2.45, 2.75) is 19.4 Å². The molecule has 8 heteroatoms. The highest BCUT2D eigenvalue weighted by atomic mass is 16.5. The van der Waals surface area contributed by atoms with E-state index < -0.39 is 17.7 Å². The van der Waals surface area contributed by atoms with Crippen LogP contribution in [0.25, 0.3) is 5.76 Å². The van der Waals surface area contributed by atoms with Crippen molar-refractivity contribution in [2.75, 3.05) is 34.0 Å². The molecule has 0 aromatic heterocycles. The molecule has 1 heterocycles. The maximum atomic E-state index is 13.0. The third-order valence-electron chi connectivity index (χ3n) is 5.23. The number of ether oxygens (including phenoxy) is 3. The minimum absolute atomic E-state index is 0.0335. The van der Waals surface area contributed by atoms with Crippen LogP contribution in [0.5, 0.6) is 17.2 Å². The Kier molecular flexibility index (Phi) is 7.37. The summed E-state index contributed by atoms with van der Waals surface area (Å²) in [5.41, 5.74) is 0.856. The summed E-state index contributed by atoms with van der Waals surface area (Å²) in [5, 5.41) is 21.2. The molecule has 1 aliphatic heterocycles. The van der Waals surface area contributed by atoms with Gasteiger partial charge in [0.25, 0.3) is 11.7 Å². The van der Waals surface area contributed by atoms with E-state index in [4.69, 9.17) is 14.2 Å². The molecular weight excluding hydrogens is 414 g/mol. The highest BCUT2D eigenvalue weighted by Crippen LogP contribution is 2.42. The molecule has 1 saturated heterocycles. The number of methoxy groups -OCH3 is 2. The van der Waals surface area contributed by atoms with Crippen LogP contribution >= 0.6 is 0 Å². The molecule has 1 atom stereocenters. The maximum Gasteiger partial charge on any atom is 0.295 e. The van der Waals surface area contributed by atoms with E-state index in [2.05, 4.69) is 0 Å². The molecule has 32 heavy (non-hydrogen) atoms. The molecule has 2 N–H and O–H groups in total. The molecule has 0 radical (unpaired) electrons. The van der Waals surface area contributed by atoms with Gasteiger partial charge in [0.15, 0.2) is 11.5 Å². The Morgan fingerprint density at radius 3 is 2.59 bits per heavy atom. The van der Waals surface area contributed by atoms with Crippen molar-refractivity contribution in [3.05, 3.63) is 59.2 Å². The lowest BCUT2D eigenvalue weighted by atomic mass is 9.95. The summed E-state index contributed by atoms with van der Waals surface area (Å²) in [5.74, 6) is -1.11. The highest BCUT2D eigenvalue weighted by Gasteiger charge is 2.46. The van der Waals surface area contributed by atoms with Gasteiger partial charge in [-0.25, -0.2) is 0 Å². The molecule has 2 aromatic carbocycles. The smallest absolute Gasteiger partial charge is 0.295 e. The summed E-state index contributed by atoms with van der Waals surface area (Å²) in [4.78, 5) is 27.4. The van der Waals surface area contributed by atoms with Crippen molar-refractivity contribution in [1.82, 2.24) is 4.90 Å². The number of Topliss-reactive ketones (excluding diaryl/α,β-unsaturated/α-hetero) is 1. The lowest BCUT2D eigenvalue weighted by molar-refractivity contribution is -0.140. The number of phenols is 1. The molecule has 0 saturated carbocycles. The second-order valence-corrected chi connectivity index (χ2v) is 7.23. The van der Waals surface area contributed by atoms with Gasteiger partial charge in [0, 0.05) is 25.8 Å². The van der Waals surface area contributed by atoms with Gasteiger partial charge < -0.3 is 29.3 Å². The molecule has 3 rings (SSSR count). The number of rotatable bonds is 9. The Hall–Kier alpha value is -3.52. The number of aliphatic hydroxyl groups is 1. The van der Waals surface area contributed by atoms with E-state index >= 15 is 0 Å². The second kappa shape index (κ2) is 10.2. The van der Waals surface area contributed by atoms with E-state index in [-0.39, 0.29) is 29.4 Å². The Balaban J connectivity index is 2.16. The van der Waals surface area contributed by atoms with Crippen LogP contribution in [-0.4, -0.2) is 60.8 Å². The topological polar surface area (TPSA) is 106 Å². The number of carbonyl (C=O) groups is 2. The first-order valence-electron chi connectivity index (χ1n) is 10.3. The van der Waals surface area contributed by atoms with Gasteiger partial charge in [-0.05, 0) is 43.2 Å². The standard InChI is InChI=1S/C24H27NO7/c1-4-32-19-14-15(9-10-18(19)26)21-20(22(27)16-7-5-8-17(13-16)31-3)23(28)24(29)25(21)11-6-12-30-2/h5,7-10,13-14,21,26-27H,4,6,11-12H2,1-3H3. The molecule has 1 amide bonds. The van der Waals surface area contributed by atoms with E-state index in [1.165, 1.54) is 18.1 Å². The number of carbonyl (C=O) groups excluding carboxylic acids is 2. The van der Waals surface area contributed by atoms with Crippen LogP contribution < -0.4 is 9.47 Å². The highest BCUT2D eigenvalue weighted by molar-refractivity contribution is 6.46. The van der Waals surface area contributed by atoms with Gasteiger partial charge in [0.2, 0.25) is 0 Å². The van der Waals surface area contributed by atoms with Gasteiger partial charge in [0.05, 0.1) is 25.3 Å². The van der Waals surface area contributed by atoms with Crippen molar-refractivity contribution in [1.29, 1.82) is 0 Å².